The van der Waals surface area contributed by atoms with Gasteiger partial charge < -0.3 is 4.74 Å². The van der Waals surface area contributed by atoms with E-state index < -0.39 is 0 Å². The van der Waals surface area contributed by atoms with E-state index in [9.17, 15) is 0 Å². The lowest BCUT2D eigenvalue weighted by atomic mass is 9.96. The van der Waals surface area contributed by atoms with E-state index >= 15 is 0 Å². The van der Waals surface area contributed by atoms with Crippen molar-refractivity contribution in [3.63, 3.8) is 0 Å². The first-order valence-corrected chi connectivity index (χ1v) is 7.93. The van der Waals surface area contributed by atoms with Crippen LogP contribution in [0.2, 0.25) is 0 Å². The van der Waals surface area contributed by atoms with E-state index in [1.807, 2.05) is 0 Å². The largest absolute Gasteiger partial charge is 0.378 e. The van der Waals surface area contributed by atoms with E-state index in [4.69, 9.17) is 16.3 Å². The molecule has 0 aromatic heterocycles. The maximum absolute atomic E-state index is 6.66. The standard InChI is InChI=1S/C18H21ClO/c1-13-8-10-17(16-7-3-2-6-15(13)16)18(19)11-9-14-5-4-12-20-14/h2-3,6-8,10,14,18H,4-5,9,11-12H2,1H3. The molecular weight excluding hydrogens is 268 g/mol. The Bertz CT molecular complexity index is 587. The molecule has 2 aromatic carbocycles. The molecule has 1 heterocycles. The van der Waals surface area contributed by atoms with E-state index in [0.29, 0.717) is 6.10 Å². The minimum atomic E-state index is 0.0738. The van der Waals surface area contributed by atoms with E-state index in [1.165, 1.54) is 34.7 Å². The van der Waals surface area contributed by atoms with Gasteiger partial charge in [-0.15, -0.1) is 11.6 Å². The lowest BCUT2D eigenvalue weighted by Gasteiger charge is -2.16. The van der Waals surface area contributed by atoms with Gasteiger partial charge in [0.25, 0.3) is 0 Å². The molecule has 2 aromatic rings. The Morgan fingerprint density at radius 3 is 2.75 bits per heavy atom. The highest BCUT2D eigenvalue weighted by atomic mass is 35.5. The zero-order chi connectivity index (χ0) is 13.9. The van der Waals surface area contributed by atoms with Gasteiger partial charge in [0.2, 0.25) is 0 Å². The summed E-state index contributed by atoms with van der Waals surface area (Å²) < 4.78 is 5.69. The third kappa shape index (κ3) is 2.84. The average Bonchev–Trinajstić information content (AvgIpc) is 2.99. The summed E-state index contributed by atoms with van der Waals surface area (Å²) in [4.78, 5) is 0. The zero-order valence-electron chi connectivity index (χ0n) is 11.9. The quantitative estimate of drug-likeness (QED) is 0.686. The van der Waals surface area contributed by atoms with Crippen molar-refractivity contribution in [1.82, 2.24) is 0 Å². The number of alkyl halides is 1. The van der Waals surface area contributed by atoms with Crippen LogP contribution in [0.3, 0.4) is 0 Å². The summed E-state index contributed by atoms with van der Waals surface area (Å²) in [7, 11) is 0. The molecule has 0 N–H and O–H groups in total. The number of aryl methyl sites for hydroxylation is 1. The van der Waals surface area contributed by atoms with Gasteiger partial charge >= 0.3 is 0 Å². The van der Waals surface area contributed by atoms with Crippen LogP contribution in [0.5, 0.6) is 0 Å². The van der Waals surface area contributed by atoms with Crippen LogP contribution >= 0.6 is 11.6 Å². The zero-order valence-corrected chi connectivity index (χ0v) is 12.7. The number of fused-ring (bicyclic) bond motifs is 1. The Balaban J connectivity index is 1.80. The van der Waals surface area contributed by atoms with Crippen molar-refractivity contribution in [2.45, 2.75) is 44.1 Å². The summed E-state index contributed by atoms with van der Waals surface area (Å²) in [5.74, 6) is 0. The number of rotatable bonds is 4. The summed E-state index contributed by atoms with van der Waals surface area (Å²) in [5.41, 5.74) is 2.57. The van der Waals surface area contributed by atoms with Crippen molar-refractivity contribution < 1.29 is 4.74 Å². The van der Waals surface area contributed by atoms with Crippen molar-refractivity contribution in [2.24, 2.45) is 0 Å². The minimum Gasteiger partial charge on any atom is -0.378 e. The summed E-state index contributed by atoms with van der Waals surface area (Å²) in [5, 5.41) is 2.68. The molecule has 0 spiro atoms. The molecule has 3 rings (SSSR count). The van der Waals surface area contributed by atoms with Crippen LogP contribution < -0.4 is 0 Å². The number of hydrogen-bond acceptors (Lipinski definition) is 1. The van der Waals surface area contributed by atoms with Gasteiger partial charge in [0.05, 0.1) is 11.5 Å². The van der Waals surface area contributed by atoms with Crippen LogP contribution in [0.25, 0.3) is 10.8 Å². The second-order valence-electron chi connectivity index (χ2n) is 5.70. The van der Waals surface area contributed by atoms with Gasteiger partial charge in [-0.25, -0.2) is 0 Å². The molecule has 0 radical (unpaired) electrons. The van der Waals surface area contributed by atoms with Crippen LogP contribution in [0.1, 0.15) is 42.2 Å². The molecule has 0 bridgehead atoms. The van der Waals surface area contributed by atoms with Crippen molar-refractivity contribution >= 4 is 22.4 Å². The molecule has 1 nitrogen and oxygen atoms in total. The number of hydrogen-bond donors (Lipinski definition) is 0. The van der Waals surface area contributed by atoms with Crippen LogP contribution in [-0.4, -0.2) is 12.7 Å². The second-order valence-corrected chi connectivity index (χ2v) is 6.22. The molecule has 0 amide bonds. The van der Waals surface area contributed by atoms with Gasteiger partial charge in [0, 0.05) is 6.61 Å². The molecule has 0 aliphatic carbocycles. The predicted octanol–water partition coefficient (Wildman–Crippen LogP) is 5.39. The van der Waals surface area contributed by atoms with Crippen LogP contribution in [0.4, 0.5) is 0 Å². The van der Waals surface area contributed by atoms with Gasteiger partial charge in [0.15, 0.2) is 0 Å². The smallest absolute Gasteiger partial charge is 0.0592 e. The van der Waals surface area contributed by atoms with Crippen molar-refractivity contribution in [3.05, 3.63) is 47.5 Å². The van der Waals surface area contributed by atoms with Crippen LogP contribution in [-0.2, 0) is 4.74 Å². The molecule has 1 fully saturated rings. The molecule has 106 valence electrons. The van der Waals surface area contributed by atoms with Crippen LogP contribution in [0.15, 0.2) is 36.4 Å². The summed E-state index contributed by atoms with van der Waals surface area (Å²) >= 11 is 6.66. The highest BCUT2D eigenvalue weighted by Crippen LogP contribution is 2.34. The van der Waals surface area contributed by atoms with E-state index in [0.717, 1.165) is 19.4 Å². The summed E-state index contributed by atoms with van der Waals surface area (Å²) in [6.07, 6.45) is 4.87. The van der Waals surface area contributed by atoms with Gasteiger partial charge in [0.1, 0.15) is 0 Å². The second kappa shape index (κ2) is 6.15. The fraction of sp³-hybridized carbons (Fsp3) is 0.444. The highest BCUT2D eigenvalue weighted by Gasteiger charge is 2.19. The SMILES string of the molecule is Cc1ccc(C(Cl)CCC2CCCO2)c2ccccc12. The Kier molecular flexibility index (Phi) is 4.28. The molecule has 20 heavy (non-hydrogen) atoms. The lowest BCUT2D eigenvalue weighted by Crippen LogP contribution is -2.06. The van der Waals surface area contributed by atoms with E-state index in [2.05, 4.69) is 43.3 Å². The van der Waals surface area contributed by atoms with Gasteiger partial charge in [-0.3, -0.25) is 0 Å². The predicted molar refractivity (Wildman–Crippen MR) is 85.5 cm³/mol. The maximum Gasteiger partial charge on any atom is 0.0592 e. The maximum atomic E-state index is 6.66. The normalized spacial score (nSPS) is 20.4. The molecule has 2 unspecified atom stereocenters. The van der Waals surface area contributed by atoms with E-state index in [-0.39, 0.29) is 5.38 Å². The van der Waals surface area contributed by atoms with Gasteiger partial charge in [-0.2, -0.15) is 0 Å². The fourth-order valence-electron chi connectivity index (χ4n) is 3.11. The molecule has 0 saturated carbocycles. The lowest BCUT2D eigenvalue weighted by molar-refractivity contribution is 0.102. The molecule has 2 atom stereocenters. The molecule has 1 aliphatic rings. The highest BCUT2D eigenvalue weighted by molar-refractivity contribution is 6.21. The summed E-state index contributed by atoms with van der Waals surface area (Å²) in [6, 6.07) is 12.9. The van der Waals surface area contributed by atoms with Gasteiger partial charge in [-0.1, -0.05) is 36.4 Å². The first-order chi connectivity index (χ1) is 9.75. The molecule has 1 saturated heterocycles. The monoisotopic (exact) mass is 288 g/mol. The first-order valence-electron chi connectivity index (χ1n) is 7.49. The fourth-order valence-corrected chi connectivity index (χ4v) is 3.42. The number of ether oxygens (including phenoxy) is 1. The minimum absolute atomic E-state index is 0.0738. The third-order valence-electron chi connectivity index (χ3n) is 4.28. The Hall–Kier alpha value is -1.05. The Morgan fingerprint density at radius 2 is 2.00 bits per heavy atom. The van der Waals surface area contributed by atoms with Crippen molar-refractivity contribution in [3.8, 4) is 0 Å². The third-order valence-corrected chi connectivity index (χ3v) is 4.73. The van der Waals surface area contributed by atoms with Gasteiger partial charge in [-0.05, 0) is 54.5 Å². The van der Waals surface area contributed by atoms with Crippen molar-refractivity contribution in [1.29, 1.82) is 0 Å². The first kappa shape index (κ1) is 13.9. The average molecular weight is 289 g/mol. The number of halogens is 1. The van der Waals surface area contributed by atoms with Crippen molar-refractivity contribution in [2.75, 3.05) is 6.61 Å². The Morgan fingerprint density at radius 1 is 1.20 bits per heavy atom. The molecule has 2 heteroatoms. The van der Waals surface area contributed by atoms with E-state index in [1.54, 1.807) is 0 Å². The van der Waals surface area contributed by atoms with Crippen LogP contribution in [0, 0.1) is 6.92 Å². The number of benzene rings is 2. The summed E-state index contributed by atoms with van der Waals surface area (Å²) in [6.45, 7) is 3.08. The Labute approximate surface area is 125 Å². The topological polar surface area (TPSA) is 9.23 Å². The molecular formula is C18H21ClO. The molecule has 1 aliphatic heterocycles.